The number of sulfone groups is 1. The molecule has 0 aliphatic rings. The summed E-state index contributed by atoms with van der Waals surface area (Å²) >= 11 is 5.03. The minimum atomic E-state index is -3.48. The Kier molecular flexibility index (Phi) is 6.04. The predicted octanol–water partition coefficient (Wildman–Crippen LogP) is 5.26. The second-order valence-corrected chi connectivity index (χ2v) is 9.85. The highest BCUT2D eigenvalue weighted by Crippen LogP contribution is 2.29. The van der Waals surface area contributed by atoms with Crippen LogP contribution in [0.25, 0.3) is 0 Å². The van der Waals surface area contributed by atoms with Crippen molar-refractivity contribution in [3.8, 4) is 0 Å². The van der Waals surface area contributed by atoms with Crippen molar-refractivity contribution in [1.82, 2.24) is 0 Å². The molecule has 0 atom stereocenters. The molecule has 3 aromatic rings. The number of halogens is 1. The zero-order valence-corrected chi connectivity index (χ0v) is 17.6. The van der Waals surface area contributed by atoms with Crippen molar-refractivity contribution in [3.63, 3.8) is 0 Å². The number of benzene rings is 3. The Morgan fingerprint density at radius 3 is 2.04 bits per heavy atom. The predicted molar refractivity (Wildman–Crippen MR) is 112 cm³/mol. The third kappa shape index (κ3) is 5.22. The van der Waals surface area contributed by atoms with Crippen LogP contribution in [-0.4, -0.2) is 20.6 Å². The van der Waals surface area contributed by atoms with Crippen LogP contribution in [0.1, 0.15) is 10.4 Å². The SMILES string of the molecule is CS(=O)(=O)c1ccccc1C(=O)Nc1ccc(Sc2ccc(Br)cc2)cc1. The van der Waals surface area contributed by atoms with Crippen LogP contribution in [0.15, 0.2) is 92.0 Å². The minimum absolute atomic E-state index is 0.0184. The maximum Gasteiger partial charge on any atom is 0.256 e. The maximum absolute atomic E-state index is 12.5. The molecule has 0 saturated heterocycles. The van der Waals surface area contributed by atoms with Crippen molar-refractivity contribution >= 4 is 49.1 Å². The molecule has 1 N–H and O–H groups in total. The summed E-state index contributed by atoms with van der Waals surface area (Å²) < 4.78 is 24.8. The third-order valence-corrected chi connectivity index (χ3v) is 6.39. The van der Waals surface area contributed by atoms with E-state index in [4.69, 9.17) is 0 Å². The maximum atomic E-state index is 12.5. The van der Waals surface area contributed by atoms with Gasteiger partial charge < -0.3 is 5.32 Å². The van der Waals surface area contributed by atoms with Crippen LogP contribution in [0.2, 0.25) is 0 Å². The van der Waals surface area contributed by atoms with E-state index in [1.54, 1.807) is 36.0 Å². The number of hydrogen-bond acceptors (Lipinski definition) is 4. The fourth-order valence-corrected chi connectivity index (χ4v) is 4.39. The molecule has 0 bridgehead atoms. The molecule has 0 spiro atoms. The molecule has 3 aromatic carbocycles. The van der Waals surface area contributed by atoms with Crippen molar-refractivity contribution < 1.29 is 13.2 Å². The molecule has 4 nitrogen and oxygen atoms in total. The Labute approximate surface area is 171 Å². The highest BCUT2D eigenvalue weighted by molar-refractivity contribution is 9.10. The molecule has 27 heavy (non-hydrogen) atoms. The quantitative estimate of drug-likeness (QED) is 0.562. The van der Waals surface area contributed by atoms with E-state index in [0.717, 1.165) is 20.5 Å². The number of carbonyl (C=O) groups excluding carboxylic acids is 1. The first kappa shape index (κ1) is 19.7. The van der Waals surface area contributed by atoms with Crippen molar-refractivity contribution in [2.45, 2.75) is 14.7 Å². The van der Waals surface area contributed by atoms with E-state index in [1.807, 2.05) is 36.4 Å². The Morgan fingerprint density at radius 1 is 0.889 bits per heavy atom. The van der Waals surface area contributed by atoms with Crippen molar-refractivity contribution in [2.75, 3.05) is 11.6 Å². The molecule has 0 radical (unpaired) electrons. The largest absolute Gasteiger partial charge is 0.322 e. The Hall–Kier alpha value is -2.09. The van der Waals surface area contributed by atoms with Gasteiger partial charge in [-0.1, -0.05) is 39.8 Å². The van der Waals surface area contributed by atoms with Crippen LogP contribution in [0.3, 0.4) is 0 Å². The fourth-order valence-electron chi connectivity index (χ4n) is 2.42. The molecule has 7 heteroatoms. The lowest BCUT2D eigenvalue weighted by Crippen LogP contribution is -2.15. The standard InChI is InChI=1S/C20H16BrNO3S2/c1-27(24,25)19-5-3-2-4-18(19)20(23)22-15-8-12-17(13-9-15)26-16-10-6-14(21)7-11-16/h2-13H,1H3,(H,22,23). The Morgan fingerprint density at radius 2 is 1.44 bits per heavy atom. The second-order valence-electron chi connectivity index (χ2n) is 5.80. The van der Waals surface area contributed by atoms with Crippen LogP contribution < -0.4 is 5.32 Å². The first-order valence-corrected chi connectivity index (χ1v) is 11.5. The molecule has 0 unspecified atom stereocenters. The lowest BCUT2D eigenvalue weighted by atomic mass is 10.2. The third-order valence-electron chi connectivity index (χ3n) is 3.69. The summed E-state index contributed by atoms with van der Waals surface area (Å²) in [7, 11) is -3.48. The molecule has 138 valence electrons. The van der Waals surface area contributed by atoms with Crippen molar-refractivity contribution in [3.05, 3.63) is 82.8 Å². The smallest absolute Gasteiger partial charge is 0.256 e. The van der Waals surface area contributed by atoms with Gasteiger partial charge in [0.05, 0.1) is 10.5 Å². The van der Waals surface area contributed by atoms with Gasteiger partial charge in [-0.2, -0.15) is 0 Å². The summed E-state index contributed by atoms with van der Waals surface area (Å²) in [6.45, 7) is 0. The Balaban J connectivity index is 1.73. The minimum Gasteiger partial charge on any atom is -0.322 e. The van der Waals surface area contributed by atoms with Crippen LogP contribution in [0, 0.1) is 0 Å². The molecular formula is C20H16BrNO3S2. The van der Waals surface area contributed by atoms with E-state index in [-0.39, 0.29) is 10.5 Å². The zero-order chi connectivity index (χ0) is 19.4. The molecular weight excluding hydrogens is 446 g/mol. The topological polar surface area (TPSA) is 63.2 Å². The van der Waals surface area contributed by atoms with E-state index >= 15 is 0 Å². The van der Waals surface area contributed by atoms with E-state index < -0.39 is 15.7 Å². The molecule has 3 rings (SSSR count). The molecule has 0 heterocycles. The number of hydrogen-bond donors (Lipinski definition) is 1. The molecule has 0 aliphatic carbocycles. The Bertz CT molecular complexity index is 1060. The van der Waals surface area contributed by atoms with Gasteiger partial charge in [0.15, 0.2) is 9.84 Å². The average molecular weight is 462 g/mol. The highest BCUT2D eigenvalue weighted by Gasteiger charge is 2.18. The molecule has 0 aromatic heterocycles. The van der Waals surface area contributed by atoms with Gasteiger partial charge in [0, 0.05) is 26.2 Å². The van der Waals surface area contributed by atoms with Crippen LogP contribution >= 0.6 is 27.7 Å². The monoisotopic (exact) mass is 461 g/mol. The van der Waals surface area contributed by atoms with Crippen molar-refractivity contribution in [1.29, 1.82) is 0 Å². The van der Waals surface area contributed by atoms with Gasteiger partial charge >= 0.3 is 0 Å². The summed E-state index contributed by atoms with van der Waals surface area (Å²) in [5, 5.41) is 2.75. The van der Waals surface area contributed by atoms with Gasteiger partial charge in [-0.15, -0.1) is 0 Å². The molecule has 0 aliphatic heterocycles. The molecule has 0 fully saturated rings. The van der Waals surface area contributed by atoms with Gasteiger partial charge in [0.25, 0.3) is 5.91 Å². The second kappa shape index (κ2) is 8.29. The summed E-state index contributed by atoms with van der Waals surface area (Å²) in [5.41, 5.74) is 0.733. The lowest BCUT2D eigenvalue weighted by Gasteiger charge is -2.09. The first-order valence-electron chi connectivity index (χ1n) is 7.97. The lowest BCUT2D eigenvalue weighted by molar-refractivity contribution is 0.102. The van der Waals surface area contributed by atoms with Gasteiger partial charge in [0.1, 0.15) is 0 Å². The number of amides is 1. The van der Waals surface area contributed by atoms with E-state index in [2.05, 4.69) is 21.2 Å². The van der Waals surface area contributed by atoms with Gasteiger partial charge in [-0.25, -0.2) is 8.42 Å². The van der Waals surface area contributed by atoms with E-state index in [1.165, 1.54) is 12.1 Å². The van der Waals surface area contributed by atoms with Gasteiger partial charge in [-0.3, -0.25) is 4.79 Å². The van der Waals surface area contributed by atoms with Crippen LogP contribution in [0.5, 0.6) is 0 Å². The number of rotatable bonds is 5. The van der Waals surface area contributed by atoms with Gasteiger partial charge in [-0.05, 0) is 60.7 Å². The molecule has 1 amide bonds. The summed E-state index contributed by atoms with van der Waals surface area (Å²) in [4.78, 5) is 14.7. The number of carbonyl (C=O) groups is 1. The van der Waals surface area contributed by atoms with Gasteiger partial charge in [0.2, 0.25) is 0 Å². The summed E-state index contributed by atoms with van der Waals surface area (Å²) in [6, 6.07) is 21.6. The van der Waals surface area contributed by atoms with Crippen molar-refractivity contribution in [2.24, 2.45) is 0 Å². The summed E-state index contributed by atoms with van der Waals surface area (Å²) in [6.07, 6.45) is 1.09. The summed E-state index contributed by atoms with van der Waals surface area (Å²) in [5.74, 6) is -0.454. The van der Waals surface area contributed by atoms with E-state index in [9.17, 15) is 13.2 Å². The zero-order valence-electron chi connectivity index (χ0n) is 14.3. The van der Waals surface area contributed by atoms with Crippen LogP contribution in [-0.2, 0) is 9.84 Å². The fraction of sp³-hybridized carbons (Fsp3) is 0.0500. The normalized spacial score (nSPS) is 11.2. The number of anilines is 1. The average Bonchev–Trinajstić information content (AvgIpc) is 2.64. The van der Waals surface area contributed by atoms with E-state index in [0.29, 0.717) is 5.69 Å². The highest BCUT2D eigenvalue weighted by atomic mass is 79.9. The number of nitrogens with one attached hydrogen (secondary N) is 1. The molecule has 0 saturated carbocycles. The first-order chi connectivity index (χ1) is 12.8. The van der Waals surface area contributed by atoms with Crippen LogP contribution in [0.4, 0.5) is 5.69 Å².